The standard InChI is InChI=1S/C12H17N3O2/c1-3-6-12(9-13,7-4-2)11(16)14-10-5-8-17-15-10/h5,8H,3-4,6-7H2,1-2H3,(H,14,15,16). The number of hydrogen-bond acceptors (Lipinski definition) is 4. The van der Waals surface area contributed by atoms with Crippen molar-refractivity contribution in [1.82, 2.24) is 5.16 Å². The van der Waals surface area contributed by atoms with Crippen LogP contribution in [0.1, 0.15) is 39.5 Å². The number of carbonyl (C=O) groups excluding carboxylic acids is 1. The molecule has 0 saturated carbocycles. The van der Waals surface area contributed by atoms with Crippen LogP contribution in [0.15, 0.2) is 16.9 Å². The van der Waals surface area contributed by atoms with Gasteiger partial charge >= 0.3 is 0 Å². The van der Waals surface area contributed by atoms with Gasteiger partial charge in [-0.05, 0) is 12.8 Å². The van der Waals surface area contributed by atoms with Gasteiger partial charge < -0.3 is 9.84 Å². The van der Waals surface area contributed by atoms with Crippen LogP contribution in [0.2, 0.25) is 0 Å². The molecule has 1 aromatic rings. The van der Waals surface area contributed by atoms with Crippen LogP contribution < -0.4 is 5.32 Å². The van der Waals surface area contributed by atoms with Crippen molar-refractivity contribution in [3.05, 3.63) is 12.3 Å². The highest BCUT2D eigenvalue weighted by atomic mass is 16.5. The summed E-state index contributed by atoms with van der Waals surface area (Å²) in [6, 6.07) is 3.71. The van der Waals surface area contributed by atoms with E-state index in [1.165, 1.54) is 6.26 Å². The normalized spacial score (nSPS) is 10.9. The van der Waals surface area contributed by atoms with Crippen LogP contribution in [0.4, 0.5) is 5.82 Å². The van der Waals surface area contributed by atoms with Gasteiger partial charge in [-0.2, -0.15) is 5.26 Å². The Bertz CT molecular complexity index is 386. The number of nitriles is 1. The van der Waals surface area contributed by atoms with Gasteiger partial charge in [-0.25, -0.2) is 0 Å². The molecule has 0 aliphatic carbocycles. The van der Waals surface area contributed by atoms with Crippen molar-refractivity contribution in [3.8, 4) is 6.07 Å². The fourth-order valence-electron chi connectivity index (χ4n) is 1.88. The molecule has 92 valence electrons. The van der Waals surface area contributed by atoms with Crippen LogP contribution in [0.3, 0.4) is 0 Å². The first-order chi connectivity index (χ1) is 8.18. The van der Waals surface area contributed by atoms with Gasteiger partial charge in [0.15, 0.2) is 5.82 Å². The van der Waals surface area contributed by atoms with Gasteiger partial charge in [-0.3, -0.25) is 4.79 Å². The minimum atomic E-state index is -0.956. The number of hydrogen-bond donors (Lipinski definition) is 1. The molecule has 0 saturated heterocycles. The highest BCUT2D eigenvalue weighted by Gasteiger charge is 2.37. The summed E-state index contributed by atoms with van der Waals surface area (Å²) in [5, 5.41) is 15.5. The molecule has 0 aliphatic heterocycles. The third-order valence-electron chi connectivity index (χ3n) is 2.68. The number of aromatic nitrogens is 1. The van der Waals surface area contributed by atoms with E-state index >= 15 is 0 Å². The summed E-state index contributed by atoms with van der Waals surface area (Å²) in [6.45, 7) is 3.93. The van der Waals surface area contributed by atoms with E-state index in [0.29, 0.717) is 18.7 Å². The third kappa shape index (κ3) is 3.06. The Labute approximate surface area is 101 Å². The molecule has 0 radical (unpaired) electrons. The highest BCUT2D eigenvalue weighted by Crippen LogP contribution is 2.30. The number of nitrogens with zero attached hydrogens (tertiary/aromatic N) is 2. The molecule has 5 heteroatoms. The zero-order chi connectivity index (χ0) is 12.7. The Morgan fingerprint density at radius 3 is 2.59 bits per heavy atom. The van der Waals surface area contributed by atoms with Crippen LogP contribution in [0.25, 0.3) is 0 Å². The maximum atomic E-state index is 12.1. The summed E-state index contributed by atoms with van der Waals surface area (Å²) in [6.07, 6.45) is 4.07. The highest BCUT2D eigenvalue weighted by molar-refractivity contribution is 5.96. The fraction of sp³-hybridized carbons (Fsp3) is 0.583. The minimum absolute atomic E-state index is 0.294. The molecule has 0 atom stereocenters. The molecule has 1 amide bonds. The molecular formula is C12H17N3O2. The van der Waals surface area contributed by atoms with Crippen molar-refractivity contribution in [3.63, 3.8) is 0 Å². The quantitative estimate of drug-likeness (QED) is 0.822. The number of amides is 1. The molecule has 17 heavy (non-hydrogen) atoms. The Morgan fingerprint density at radius 1 is 1.53 bits per heavy atom. The molecule has 5 nitrogen and oxygen atoms in total. The molecule has 0 spiro atoms. The van der Waals surface area contributed by atoms with Gasteiger partial charge in [0.2, 0.25) is 5.91 Å². The van der Waals surface area contributed by atoms with Crippen LogP contribution >= 0.6 is 0 Å². The number of rotatable bonds is 6. The van der Waals surface area contributed by atoms with Crippen LogP contribution in [-0.2, 0) is 4.79 Å². The SMILES string of the molecule is CCCC(C#N)(CCC)C(=O)Nc1ccon1. The van der Waals surface area contributed by atoms with E-state index in [1.807, 2.05) is 13.8 Å². The second-order valence-electron chi connectivity index (χ2n) is 4.03. The van der Waals surface area contributed by atoms with E-state index in [-0.39, 0.29) is 5.91 Å². The lowest BCUT2D eigenvalue weighted by Crippen LogP contribution is -2.35. The molecule has 0 unspecified atom stereocenters. The van der Waals surface area contributed by atoms with Gasteiger partial charge in [0.25, 0.3) is 0 Å². The molecule has 1 heterocycles. The summed E-state index contributed by atoms with van der Waals surface area (Å²) in [5.41, 5.74) is -0.956. The van der Waals surface area contributed by atoms with E-state index in [2.05, 4.69) is 21.1 Å². The maximum absolute atomic E-state index is 12.1. The van der Waals surface area contributed by atoms with Crippen molar-refractivity contribution in [2.24, 2.45) is 5.41 Å². The lowest BCUT2D eigenvalue weighted by molar-refractivity contribution is -0.123. The molecule has 0 aromatic carbocycles. The lowest BCUT2D eigenvalue weighted by Gasteiger charge is -2.23. The van der Waals surface area contributed by atoms with Crippen LogP contribution in [-0.4, -0.2) is 11.1 Å². The van der Waals surface area contributed by atoms with E-state index in [9.17, 15) is 10.1 Å². The molecule has 0 bridgehead atoms. The van der Waals surface area contributed by atoms with Crippen LogP contribution in [0.5, 0.6) is 0 Å². The predicted molar refractivity (Wildman–Crippen MR) is 63.0 cm³/mol. The predicted octanol–water partition coefficient (Wildman–Crippen LogP) is 2.72. The topological polar surface area (TPSA) is 78.9 Å². The van der Waals surface area contributed by atoms with Gasteiger partial charge in [0.1, 0.15) is 11.7 Å². The number of anilines is 1. The van der Waals surface area contributed by atoms with Crippen molar-refractivity contribution in [2.45, 2.75) is 39.5 Å². The van der Waals surface area contributed by atoms with Crippen molar-refractivity contribution >= 4 is 11.7 Å². The lowest BCUT2D eigenvalue weighted by atomic mass is 9.80. The average molecular weight is 235 g/mol. The first-order valence-corrected chi connectivity index (χ1v) is 5.81. The molecule has 0 aliphatic rings. The summed E-state index contributed by atoms with van der Waals surface area (Å²) < 4.78 is 4.63. The second kappa shape index (κ2) is 6.04. The first-order valence-electron chi connectivity index (χ1n) is 5.81. The summed E-state index contributed by atoms with van der Waals surface area (Å²) in [5.74, 6) is 0.0550. The van der Waals surface area contributed by atoms with Gasteiger partial charge in [-0.1, -0.05) is 31.8 Å². The van der Waals surface area contributed by atoms with Crippen molar-refractivity contribution < 1.29 is 9.32 Å². The number of nitrogens with one attached hydrogen (secondary N) is 1. The third-order valence-corrected chi connectivity index (χ3v) is 2.68. The molecule has 0 fully saturated rings. The molecular weight excluding hydrogens is 218 g/mol. The van der Waals surface area contributed by atoms with Crippen molar-refractivity contribution in [2.75, 3.05) is 5.32 Å². The minimum Gasteiger partial charge on any atom is -0.363 e. The Kier molecular flexibility index (Phi) is 4.70. The summed E-state index contributed by atoms with van der Waals surface area (Å²) >= 11 is 0. The van der Waals surface area contributed by atoms with E-state index in [0.717, 1.165) is 12.8 Å². The fourth-order valence-corrected chi connectivity index (χ4v) is 1.88. The second-order valence-corrected chi connectivity index (χ2v) is 4.03. The smallest absolute Gasteiger partial charge is 0.246 e. The Balaban J connectivity index is 2.82. The van der Waals surface area contributed by atoms with E-state index < -0.39 is 5.41 Å². The number of carbonyl (C=O) groups is 1. The van der Waals surface area contributed by atoms with Gasteiger partial charge in [0.05, 0.1) is 6.07 Å². The summed E-state index contributed by atoms with van der Waals surface area (Å²) in [4.78, 5) is 12.1. The average Bonchev–Trinajstić information content (AvgIpc) is 2.81. The molecule has 1 rings (SSSR count). The zero-order valence-corrected chi connectivity index (χ0v) is 10.2. The Morgan fingerprint density at radius 2 is 2.18 bits per heavy atom. The first kappa shape index (κ1) is 13.2. The Hall–Kier alpha value is -1.83. The maximum Gasteiger partial charge on any atom is 0.246 e. The monoisotopic (exact) mass is 235 g/mol. The van der Waals surface area contributed by atoms with Gasteiger partial charge in [0, 0.05) is 6.07 Å². The zero-order valence-electron chi connectivity index (χ0n) is 10.2. The van der Waals surface area contributed by atoms with E-state index in [4.69, 9.17) is 0 Å². The largest absolute Gasteiger partial charge is 0.363 e. The van der Waals surface area contributed by atoms with Crippen molar-refractivity contribution in [1.29, 1.82) is 5.26 Å². The summed E-state index contributed by atoms with van der Waals surface area (Å²) in [7, 11) is 0. The van der Waals surface area contributed by atoms with E-state index in [1.54, 1.807) is 6.07 Å². The molecule has 1 N–H and O–H groups in total. The van der Waals surface area contributed by atoms with Gasteiger partial charge in [-0.15, -0.1) is 0 Å². The van der Waals surface area contributed by atoms with Crippen LogP contribution in [0, 0.1) is 16.7 Å². The molecule has 1 aromatic heterocycles.